The van der Waals surface area contributed by atoms with E-state index in [0.717, 1.165) is 0 Å². The molecule has 7 heteroatoms. The fourth-order valence-electron chi connectivity index (χ4n) is 1.08. The first-order chi connectivity index (χ1) is 7.80. The molecule has 0 amide bonds. The van der Waals surface area contributed by atoms with E-state index >= 15 is 0 Å². The van der Waals surface area contributed by atoms with Crippen molar-refractivity contribution in [1.29, 1.82) is 0 Å². The lowest BCUT2D eigenvalue weighted by Gasteiger charge is -2.10. The van der Waals surface area contributed by atoms with Gasteiger partial charge in [0.05, 0.1) is 11.9 Å². The Balaban J connectivity index is 2.52. The van der Waals surface area contributed by atoms with Crippen molar-refractivity contribution in [3.63, 3.8) is 0 Å². The zero-order valence-corrected chi connectivity index (χ0v) is 11.5. The van der Waals surface area contributed by atoms with Gasteiger partial charge in [0.1, 0.15) is 0 Å². The Labute approximate surface area is 108 Å². The highest BCUT2D eigenvalue weighted by Gasteiger charge is 2.17. The van der Waals surface area contributed by atoms with Gasteiger partial charge in [0.25, 0.3) is 10.1 Å². The second kappa shape index (κ2) is 5.79. The molecule has 0 fully saturated rings. The molecule has 0 aromatic heterocycles. The number of rotatable bonds is 5. The van der Waals surface area contributed by atoms with Crippen LogP contribution in [0.15, 0.2) is 22.7 Å². The van der Waals surface area contributed by atoms with Gasteiger partial charge in [-0.15, -0.1) is 0 Å². The molecule has 4 nitrogen and oxygen atoms in total. The summed E-state index contributed by atoms with van der Waals surface area (Å²) in [5.41, 5.74) is 0. The SMILES string of the molecule is CC(CCOc1ccc(Br)cc1F)S(=O)(=O)O. The van der Waals surface area contributed by atoms with Crippen LogP contribution in [0.1, 0.15) is 13.3 Å². The average Bonchev–Trinajstić information content (AvgIpc) is 2.19. The number of ether oxygens (including phenoxy) is 1. The minimum absolute atomic E-state index is 0.0134. The smallest absolute Gasteiger partial charge is 0.267 e. The van der Waals surface area contributed by atoms with Gasteiger partial charge in [-0.25, -0.2) is 4.39 Å². The molecule has 0 saturated heterocycles. The summed E-state index contributed by atoms with van der Waals surface area (Å²) in [6.45, 7) is 1.37. The van der Waals surface area contributed by atoms with Crippen molar-refractivity contribution in [2.75, 3.05) is 6.61 Å². The van der Waals surface area contributed by atoms with E-state index < -0.39 is 21.2 Å². The van der Waals surface area contributed by atoms with E-state index in [0.29, 0.717) is 4.47 Å². The van der Waals surface area contributed by atoms with E-state index in [1.54, 1.807) is 6.07 Å². The molecule has 0 spiro atoms. The summed E-state index contributed by atoms with van der Waals surface area (Å²) in [6.07, 6.45) is 0.0916. The second-order valence-electron chi connectivity index (χ2n) is 3.54. The standard InChI is InChI=1S/C10H12BrFO4S/c1-7(17(13,14)15)4-5-16-10-3-2-8(11)6-9(10)12/h2-3,6-7H,4-5H2,1H3,(H,13,14,15). The van der Waals surface area contributed by atoms with E-state index in [1.807, 2.05) is 0 Å². The highest BCUT2D eigenvalue weighted by atomic mass is 79.9. The third-order valence-electron chi connectivity index (χ3n) is 2.18. The average molecular weight is 327 g/mol. The van der Waals surface area contributed by atoms with Crippen LogP contribution in [0.4, 0.5) is 4.39 Å². The summed E-state index contributed by atoms with van der Waals surface area (Å²) in [7, 11) is -4.06. The van der Waals surface area contributed by atoms with E-state index in [-0.39, 0.29) is 18.8 Å². The normalized spacial score (nSPS) is 13.4. The summed E-state index contributed by atoms with van der Waals surface area (Å²) in [5.74, 6) is -0.477. The molecule has 0 aliphatic heterocycles. The van der Waals surface area contributed by atoms with Gasteiger partial charge in [0.2, 0.25) is 0 Å². The van der Waals surface area contributed by atoms with Crippen molar-refractivity contribution >= 4 is 26.0 Å². The van der Waals surface area contributed by atoms with Crippen LogP contribution >= 0.6 is 15.9 Å². The Hall–Kier alpha value is -0.660. The van der Waals surface area contributed by atoms with Gasteiger partial charge in [-0.2, -0.15) is 8.42 Å². The van der Waals surface area contributed by atoms with Gasteiger partial charge in [-0.3, -0.25) is 4.55 Å². The largest absolute Gasteiger partial charge is 0.490 e. The van der Waals surface area contributed by atoms with Gasteiger partial charge >= 0.3 is 0 Å². The number of benzene rings is 1. The summed E-state index contributed by atoms with van der Waals surface area (Å²) < 4.78 is 49.1. The van der Waals surface area contributed by atoms with E-state index in [1.165, 1.54) is 19.1 Å². The fraction of sp³-hybridized carbons (Fsp3) is 0.400. The Bertz CT molecular complexity index is 489. The zero-order valence-electron chi connectivity index (χ0n) is 9.06. The van der Waals surface area contributed by atoms with Crippen LogP contribution in [-0.2, 0) is 10.1 Å². The first-order valence-corrected chi connectivity index (χ1v) is 7.14. The molecule has 1 aromatic rings. The molecule has 0 aliphatic rings. The lowest BCUT2D eigenvalue weighted by atomic mass is 10.3. The van der Waals surface area contributed by atoms with Crippen molar-refractivity contribution in [1.82, 2.24) is 0 Å². The van der Waals surface area contributed by atoms with Gasteiger partial charge < -0.3 is 4.74 Å². The van der Waals surface area contributed by atoms with Crippen LogP contribution in [0.3, 0.4) is 0 Å². The van der Waals surface area contributed by atoms with E-state index in [9.17, 15) is 12.8 Å². The molecule has 17 heavy (non-hydrogen) atoms. The molecule has 0 heterocycles. The highest BCUT2D eigenvalue weighted by molar-refractivity contribution is 9.10. The lowest BCUT2D eigenvalue weighted by Crippen LogP contribution is -2.19. The number of halogens is 2. The monoisotopic (exact) mass is 326 g/mol. The molecule has 1 rings (SSSR count). The minimum atomic E-state index is -4.06. The van der Waals surface area contributed by atoms with Crippen LogP contribution in [0, 0.1) is 5.82 Å². The van der Waals surface area contributed by atoms with Crippen LogP contribution in [-0.4, -0.2) is 24.8 Å². The Morgan fingerprint density at radius 2 is 2.18 bits per heavy atom. The molecular weight excluding hydrogens is 315 g/mol. The van der Waals surface area contributed by atoms with Gasteiger partial charge in [-0.1, -0.05) is 15.9 Å². The van der Waals surface area contributed by atoms with Crippen LogP contribution in [0.25, 0.3) is 0 Å². The van der Waals surface area contributed by atoms with Gasteiger partial charge in [0.15, 0.2) is 11.6 Å². The van der Waals surface area contributed by atoms with Crippen molar-refractivity contribution in [3.05, 3.63) is 28.5 Å². The maximum atomic E-state index is 13.3. The summed E-state index contributed by atoms with van der Waals surface area (Å²) >= 11 is 3.11. The molecule has 0 radical (unpaired) electrons. The van der Waals surface area contributed by atoms with Gasteiger partial charge in [-0.05, 0) is 25.1 Å². The van der Waals surface area contributed by atoms with Crippen molar-refractivity contribution in [3.8, 4) is 5.75 Å². The summed E-state index contributed by atoms with van der Waals surface area (Å²) in [4.78, 5) is 0. The predicted octanol–water partition coefficient (Wildman–Crippen LogP) is 2.63. The van der Waals surface area contributed by atoms with Crippen molar-refractivity contribution in [2.24, 2.45) is 0 Å². The van der Waals surface area contributed by atoms with Crippen LogP contribution < -0.4 is 4.74 Å². The lowest BCUT2D eigenvalue weighted by molar-refractivity contribution is 0.292. The molecule has 1 aromatic carbocycles. The number of hydrogen-bond donors (Lipinski definition) is 1. The molecule has 0 bridgehead atoms. The number of hydrogen-bond acceptors (Lipinski definition) is 3. The molecule has 1 atom stereocenters. The Kier molecular flexibility index (Phi) is 4.91. The van der Waals surface area contributed by atoms with E-state index in [2.05, 4.69) is 15.9 Å². The third kappa shape index (κ3) is 4.61. The maximum Gasteiger partial charge on any atom is 0.267 e. The summed E-state index contributed by atoms with van der Waals surface area (Å²) in [6, 6.07) is 4.31. The Morgan fingerprint density at radius 1 is 1.53 bits per heavy atom. The Morgan fingerprint density at radius 3 is 2.71 bits per heavy atom. The molecule has 96 valence electrons. The third-order valence-corrected chi connectivity index (χ3v) is 3.93. The summed E-state index contributed by atoms with van der Waals surface area (Å²) in [5, 5.41) is -0.930. The topological polar surface area (TPSA) is 63.6 Å². The first-order valence-electron chi connectivity index (χ1n) is 4.85. The molecular formula is C10H12BrFO4S. The van der Waals surface area contributed by atoms with Crippen molar-refractivity contribution in [2.45, 2.75) is 18.6 Å². The molecule has 0 aliphatic carbocycles. The molecule has 0 saturated carbocycles. The maximum absolute atomic E-state index is 13.3. The zero-order chi connectivity index (χ0) is 13.1. The second-order valence-corrected chi connectivity index (χ2v) is 6.29. The molecule has 1 N–H and O–H groups in total. The van der Waals surface area contributed by atoms with Crippen LogP contribution in [0.2, 0.25) is 0 Å². The first kappa shape index (κ1) is 14.4. The van der Waals surface area contributed by atoms with E-state index in [4.69, 9.17) is 9.29 Å². The predicted molar refractivity (Wildman–Crippen MR) is 65.2 cm³/mol. The van der Waals surface area contributed by atoms with Crippen LogP contribution in [0.5, 0.6) is 5.75 Å². The van der Waals surface area contributed by atoms with Crippen molar-refractivity contribution < 1.29 is 22.1 Å². The fourth-order valence-corrected chi connectivity index (χ4v) is 1.80. The highest BCUT2D eigenvalue weighted by Crippen LogP contribution is 2.21. The van der Waals surface area contributed by atoms with Gasteiger partial charge in [0, 0.05) is 10.9 Å². The quantitative estimate of drug-likeness (QED) is 0.845. The minimum Gasteiger partial charge on any atom is -0.490 e. The molecule has 1 unspecified atom stereocenters.